The number of para-hydroxylation sites is 2. The molecule has 2 aromatic heterocycles. The Morgan fingerprint density at radius 2 is 1.13 bits per heavy atom. The minimum absolute atomic E-state index is 0. The van der Waals surface area contributed by atoms with Gasteiger partial charge >= 0.3 is 0 Å². The Morgan fingerprint density at radius 1 is 0.516 bits per heavy atom. The van der Waals surface area contributed by atoms with Gasteiger partial charge in [0.2, 0.25) is 0 Å². The molecule has 0 saturated carbocycles. The van der Waals surface area contributed by atoms with Crippen molar-refractivity contribution < 1.29 is 20.1 Å². The summed E-state index contributed by atoms with van der Waals surface area (Å²) in [6.45, 7) is 2.21. The van der Waals surface area contributed by atoms with Gasteiger partial charge in [0.1, 0.15) is 5.82 Å². The SMILES string of the molecule is CCCCc1c[c-]c(-c2ccccn2)cc1.[Ir].c1ccc(-c2nc3ccccc3n2-c2ccc(-c3c4ccccc4c(-c4ccc5ccccc5c4)c4ccccc34)cc2)cc1. The fraction of sp³-hybridized carbons (Fsp3) is 0.0690. The molecule has 0 bridgehead atoms. The molecule has 62 heavy (non-hydrogen) atoms. The van der Waals surface area contributed by atoms with Crippen molar-refractivity contribution >= 4 is 43.4 Å². The maximum Gasteiger partial charge on any atom is 0.145 e. The molecule has 301 valence electrons. The van der Waals surface area contributed by atoms with Gasteiger partial charge in [0.25, 0.3) is 0 Å². The number of nitrogens with zero attached hydrogens (tertiary/aromatic N) is 3. The molecule has 9 aromatic carbocycles. The van der Waals surface area contributed by atoms with Crippen molar-refractivity contribution in [3.8, 4) is 50.6 Å². The van der Waals surface area contributed by atoms with Crippen LogP contribution in [0.25, 0.3) is 93.9 Å². The van der Waals surface area contributed by atoms with Crippen LogP contribution in [0.2, 0.25) is 0 Å². The van der Waals surface area contributed by atoms with Crippen molar-refractivity contribution in [2.45, 2.75) is 26.2 Å². The topological polar surface area (TPSA) is 30.7 Å². The normalized spacial score (nSPS) is 11.0. The number of rotatable bonds is 8. The number of benzene rings is 9. The number of aromatic nitrogens is 3. The maximum atomic E-state index is 5.04. The predicted octanol–water partition coefficient (Wildman–Crippen LogP) is 15.4. The average Bonchev–Trinajstić information content (AvgIpc) is 3.73. The van der Waals surface area contributed by atoms with Crippen LogP contribution in [0.4, 0.5) is 0 Å². The summed E-state index contributed by atoms with van der Waals surface area (Å²) >= 11 is 0. The van der Waals surface area contributed by atoms with Crippen molar-refractivity contribution in [3.05, 3.63) is 224 Å². The molecule has 0 atom stereocenters. The number of unbranched alkanes of at least 4 members (excludes halogenated alkanes) is 1. The minimum Gasteiger partial charge on any atom is -0.305 e. The van der Waals surface area contributed by atoms with E-state index in [1.54, 1.807) is 0 Å². The fourth-order valence-corrected chi connectivity index (χ4v) is 8.62. The van der Waals surface area contributed by atoms with Gasteiger partial charge in [-0.3, -0.25) is 4.57 Å². The molecule has 1 radical (unpaired) electrons. The Bertz CT molecular complexity index is 3210. The van der Waals surface area contributed by atoms with Gasteiger partial charge < -0.3 is 4.98 Å². The van der Waals surface area contributed by atoms with Crippen LogP contribution >= 0.6 is 0 Å². The van der Waals surface area contributed by atoms with Crippen LogP contribution in [0, 0.1) is 6.07 Å². The van der Waals surface area contributed by atoms with Gasteiger partial charge in [-0.2, -0.15) is 0 Å². The molecule has 0 saturated heterocycles. The van der Waals surface area contributed by atoms with E-state index in [0.717, 1.165) is 45.8 Å². The number of aryl methyl sites for hydroxylation is 1. The smallest absolute Gasteiger partial charge is 0.145 e. The second-order valence-corrected chi connectivity index (χ2v) is 15.5. The van der Waals surface area contributed by atoms with Gasteiger partial charge in [-0.05, 0) is 96.7 Å². The van der Waals surface area contributed by atoms with Crippen LogP contribution in [0.15, 0.2) is 212 Å². The van der Waals surface area contributed by atoms with Crippen LogP contribution < -0.4 is 0 Å². The quantitative estimate of drug-likeness (QED) is 0.112. The van der Waals surface area contributed by atoms with Crippen molar-refractivity contribution in [2.75, 3.05) is 0 Å². The predicted molar refractivity (Wildman–Crippen MR) is 257 cm³/mol. The van der Waals surface area contributed by atoms with E-state index >= 15 is 0 Å². The molecular weight excluding hydrogens is 931 g/mol. The maximum absolute atomic E-state index is 5.04. The molecule has 0 spiro atoms. The zero-order valence-corrected chi connectivity index (χ0v) is 36.9. The molecule has 0 aliphatic carbocycles. The van der Waals surface area contributed by atoms with Crippen LogP contribution in [-0.2, 0) is 26.5 Å². The summed E-state index contributed by atoms with van der Waals surface area (Å²) in [5.74, 6) is 0.945. The first-order valence-corrected chi connectivity index (χ1v) is 21.2. The second-order valence-electron chi connectivity index (χ2n) is 15.5. The largest absolute Gasteiger partial charge is 0.305 e. The Hall–Kier alpha value is -6.97. The van der Waals surface area contributed by atoms with Gasteiger partial charge in [-0.1, -0.05) is 178 Å². The van der Waals surface area contributed by atoms with Gasteiger partial charge in [0, 0.05) is 37.6 Å². The van der Waals surface area contributed by atoms with Crippen molar-refractivity contribution in [1.82, 2.24) is 14.5 Å². The number of hydrogen-bond donors (Lipinski definition) is 0. The van der Waals surface area contributed by atoms with E-state index in [1.165, 1.54) is 73.0 Å². The number of hydrogen-bond acceptors (Lipinski definition) is 2. The number of fused-ring (bicyclic) bond motifs is 4. The standard InChI is InChI=1S/C43H28N2.C15H16N.Ir/c1-2-13-31(14-3-1)43-44-39-20-10-11-21-40(39)45(43)34-26-24-30(25-27-34)41-35-16-6-8-18-37(35)42(38-19-9-7-17-36(38)41)33-23-22-29-12-4-5-15-32(29)28-33;1-2-3-6-13-8-10-14(11-9-13)15-7-4-5-12-16-15;/h1-28H;4-5,7-10,12H,2-3,6H2,1H3;/q;-1;. The molecule has 0 aliphatic heterocycles. The van der Waals surface area contributed by atoms with E-state index in [4.69, 9.17) is 4.98 Å². The Kier molecular flexibility index (Phi) is 12.0. The third kappa shape index (κ3) is 7.99. The first-order chi connectivity index (χ1) is 30.2. The summed E-state index contributed by atoms with van der Waals surface area (Å²) in [6.07, 6.45) is 5.45. The summed E-state index contributed by atoms with van der Waals surface area (Å²) < 4.78 is 2.27. The Balaban J connectivity index is 0.000000244. The molecule has 0 N–H and O–H groups in total. The van der Waals surface area contributed by atoms with Crippen molar-refractivity contribution in [2.24, 2.45) is 0 Å². The molecule has 3 nitrogen and oxygen atoms in total. The molecule has 11 rings (SSSR count). The number of imidazole rings is 1. The second kappa shape index (κ2) is 18.3. The van der Waals surface area contributed by atoms with Gasteiger partial charge in [-0.25, -0.2) is 4.98 Å². The van der Waals surface area contributed by atoms with Crippen molar-refractivity contribution in [3.63, 3.8) is 0 Å². The van der Waals surface area contributed by atoms with Crippen molar-refractivity contribution in [1.29, 1.82) is 0 Å². The third-order valence-electron chi connectivity index (χ3n) is 11.6. The first-order valence-electron chi connectivity index (χ1n) is 21.2. The Labute approximate surface area is 376 Å². The molecular formula is C58H44IrN3-. The van der Waals surface area contributed by atoms with Crippen LogP contribution in [0.3, 0.4) is 0 Å². The van der Waals surface area contributed by atoms with E-state index < -0.39 is 0 Å². The summed E-state index contributed by atoms with van der Waals surface area (Å²) in [5.41, 5.74) is 12.7. The van der Waals surface area contributed by atoms with E-state index in [9.17, 15) is 0 Å². The molecule has 0 fully saturated rings. The van der Waals surface area contributed by atoms with Gasteiger partial charge in [-0.15, -0.1) is 35.4 Å². The van der Waals surface area contributed by atoms with E-state index in [0.29, 0.717) is 0 Å². The molecule has 0 aliphatic rings. The summed E-state index contributed by atoms with van der Waals surface area (Å²) in [7, 11) is 0. The molecule has 4 heteroatoms. The monoisotopic (exact) mass is 975 g/mol. The molecule has 0 unspecified atom stereocenters. The fourth-order valence-electron chi connectivity index (χ4n) is 8.62. The molecule has 0 amide bonds. The van der Waals surface area contributed by atoms with Crippen LogP contribution in [-0.4, -0.2) is 14.5 Å². The van der Waals surface area contributed by atoms with Crippen LogP contribution in [0.5, 0.6) is 0 Å². The zero-order chi connectivity index (χ0) is 41.0. The summed E-state index contributed by atoms with van der Waals surface area (Å²) in [5, 5.41) is 7.54. The third-order valence-corrected chi connectivity index (χ3v) is 11.6. The molecule has 11 aromatic rings. The Morgan fingerprint density at radius 3 is 1.79 bits per heavy atom. The van der Waals surface area contributed by atoms with Crippen LogP contribution in [0.1, 0.15) is 25.3 Å². The molecule has 2 heterocycles. The first kappa shape index (κ1) is 40.4. The van der Waals surface area contributed by atoms with E-state index in [-0.39, 0.29) is 20.1 Å². The summed E-state index contributed by atoms with van der Waals surface area (Å²) in [4.78, 5) is 9.35. The van der Waals surface area contributed by atoms with E-state index in [1.807, 2.05) is 30.5 Å². The number of pyridine rings is 1. The van der Waals surface area contributed by atoms with E-state index in [2.05, 4.69) is 205 Å². The summed E-state index contributed by atoms with van der Waals surface area (Å²) in [6, 6.07) is 76.6. The van der Waals surface area contributed by atoms with Gasteiger partial charge in [0.15, 0.2) is 0 Å². The average molecular weight is 975 g/mol. The van der Waals surface area contributed by atoms with Gasteiger partial charge in [0.05, 0.1) is 11.0 Å². The zero-order valence-electron chi connectivity index (χ0n) is 34.5. The minimum atomic E-state index is 0.